The van der Waals surface area contributed by atoms with E-state index < -0.39 is 0 Å². The van der Waals surface area contributed by atoms with E-state index in [-0.39, 0.29) is 11.7 Å². The SMILES string of the molecule is CC(=O)c1ccc(N2CCN(C(=O)c3cc(Br)c(Br)s3)CC2)cc1. The fraction of sp³-hybridized carbons (Fsp3) is 0.294. The van der Waals surface area contributed by atoms with Crippen molar-refractivity contribution in [2.24, 2.45) is 0 Å². The molecule has 7 heteroatoms. The fourth-order valence-electron chi connectivity index (χ4n) is 2.68. The standard InChI is InChI=1S/C17H16Br2N2O2S/c1-11(22)12-2-4-13(5-3-12)20-6-8-21(9-7-20)17(23)15-10-14(18)16(19)24-15/h2-5,10H,6-9H2,1H3. The van der Waals surface area contributed by atoms with E-state index in [0.717, 1.165) is 37.5 Å². The number of carbonyl (C=O) groups is 2. The summed E-state index contributed by atoms with van der Waals surface area (Å²) in [4.78, 5) is 28.8. The average Bonchev–Trinajstić information content (AvgIpc) is 2.93. The number of hydrogen-bond acceptors (Lipinski definition) is 4. The van der Waals surface area contributed by atoms with E-state index >= 15 is 0 Å². The van der Waals surface area contributed by atoms with E-state index in [1.807, 2.05) is 35.2 Å². The van der Waals surface area contributed by atoms with Crippen molar-refractivity contribution in [1.29, 1.82) is 0 Å². The molecule has 0 N–H and O–H groups in total. The second-order valence-electron chi connectivity index (χ2n) is 5.61. The number of rotatable bonds is 3. The molecule has 1 aliphatic rings. The van der Waals surface area contributed by atoms with Crippen molar-refractivity contribution in [1.82, 2.24) is 4.90 Å². The smallest absolute Gasteiger partial charge is 0.264 e. The maximum absolute atomic E-state index is 12.6. The monoisotopic (exact) mass is 470 g/mol. The summed E-state index contributed by atoms with van der Waals surface area (Å²) in [5.41, 5.74) is 1.81. The normalized spacial score (nSPS) is 14.8. The van der Waals surface area contributed by atoms with Crippen LogP contribution in [0, 0.1) is 0 Å². The van der Waals surface area contributed by atoms with Gasteiger partial charge < -0.3 is 9.80 Å². The van der Waals surface area contributed by atoms with Crippen molar-refractivity contribution in [3.05, 3.63) is 49.0 Å². The first kappa shape index (κ1) is 17.6. The first-order valence-corrected chi connectivity index (χ1v) is 9.96. The molecule has 2 heterocycles. The molecule has 1 amide bonds. The summed E-state index contributed by atoms with van der Waals surface area (Å²) in [5, 5.41) is 0. The lowest BCUT2D eigenvalue weighted by molar-refractivity contribution is 0.0751. The van der Waals surface area contributed by atoms with Crippen LogP contribution in [-0.4, -0.2) is 42.8 Å². The van der Waals surface area contributed by atoms with Gasteiger partial charge in [0.25, 0.3) is 5.91 Å². The lowest BCUT2D eigenvalue weighted by atomic mass is 10.1. The van der Waals surface area contributed by atoms with Gasteiger partial charge in [-0.15, -0.1) is 11.3 Å². The molecular formula is C17H16Br2N2O2S. The molecule has 0 atom stereocenters. The second-order valence-corrected chi connectivity index (χ2v) is 8.84. The molecule has 0 saturated carbocycles. The minimum Gasteiger partial charge on any atom is -0.368 e. The van der Waals surface area contributed by atoms with Gasteiger partial charge in [-0.05, 0) is 69.1 Å². The Kier molecular flexibility index (Phi) is 5.42. The highest BCUT2D eigenvalue weighted by Crippen LogP contribution is 2.33. The van der Waals surface area contributed by atoms with Crippen LogP contribution in [0.5, 0.6) is 0 Å². The minimum absolute atomic E-state index is 0.0743. The number of carbonyl (C=O) groups excluding carboxylic acids is 2. The molecule has 1 aliphatic heterocycles. The van der Waals surface area contributed by atoms with Crippen LogP contribution in [0.25, 0.3) is 0 Å². The summed E-state index contributed by atoms with van der Waals surface area (Å²) in [6.45, 7) is 4.54. The van der Waals surface area contributed by atoms with Crippen LogP contribution >= 0.6 is 43.2 Å². The predicted octanol–water partition coefficient (Wildman–Crippen LogP) is 4.44. The van der Waals surface area contributed by atoms with Crippen molar-refractivity contribution in [2.45, 2.75) is 6.92 Å². The van der Waals surface area contributed by atoms with E-state index in [0.29, 0.717) is 13.1 Å². The van der Waals surface area contributed by atoms with Gasteiger partial charge >= 0.3 is 0 Å². The van der Waals surface area contributed by atoms with Crippen LogP contribution in [0.15, 0.2) is 38.6 Å². The molecule has 1 saturated heterocycles. The van der Waals surface area contributed by atoms with Crippen molar-refractivity contribution >= 4 is 60.6 Å². The maximum atomic E-state index is 12.6. The Hall–Kier alpha value is -1.18. The van der Waals surface area contributed by atoms with E-state index in [1.165, 1.54) is 11.3 Å². The molecule has 0 radical (unpaired) electrons. The van der Waals surface area contributed by atoms with Crippen molar-refractivity contribution in [3.8, 4) is 0 Å². The van der Waals surface area contributed by atoms with Gasteiger partial charge in [0.1, 0.15) is 0 Å². The Labute approximate surface area is 161 Å². The summed E-state index contributed by atoms with van der Waals surface area (Å²) < 4.78 is 1.86. The quantitative estimate of drug-likeness (QED) is 0.621. The maximum Gasteiger partial charge on any atom is 0.264 e. The highest BCUT2D eigenvalue weighted by Gasteiger charge is 2.24. The van der Waals surface area contributed by atoms with Crippen LogP contribution in [0.1, 0.15) is 27.0 Å². The zero-order chi connectivity index (χ0) is 17.3. The molecule has 1 fully saturated rings. The van der Waals surface area contributed by atoms with Crippen LogP contribution < -0.4 is 4.90 Å². The summed E-state index contributed by atoms with van der Waals surface area (Å²) in [5.74, 6) is 0.156. The topological polar surface area (TPSA) is 40.6 Å². The number of hydrogen-bond donors (Lipinski definition) is 0. The molecule has 0 unspecified atom stereocenters. The van der Waals surface area contributed by atoms with Crippen molar-refractivity contribution < 1.29 is 9.59 Å². The van der Waals surface area contributed by atoms with Gasteiger partial charge in [0.05, 0.1) is 8.66 Å². The molecule has 0 spiro atoms. The van der Waals surface area contributed by atoms with Crippen molar-refractivity contribution in [2.75, 3.05) is 31.1 Å². The van der Waals surface area contributed by atoms with Gasteiger partial charge in [-0.1, -0.05) is 0 Å². The fourth-order valence-corrected chi connectivity index (χ4v) is 4.69. The number of anilines is 1. The number of halogens is 2. The number of piperazine rings is 1. The number of ketones is 1. The Balaban J connectivity index is 1.63. The van der Waals surface area contributed by atoms with Gasteiger partial charge in [0.15, 0.2) is 5.78 Å². The number of benzene rings is 1. The lowest BCUT2D eigenvalue weighted by Gasteiger charge is -2.36. The summed E-state index contributed by atoms with van der Waals surface area (Å²) >= 11 is 8.31. The average molecular weight is 472 g/mol. The first-order chi connectivity index (χ1) is 11.5. The van der Waals surface area contributed by atoms with Gasteiger partial charge in [0, 0.05) is 41.9 Å². The first-order valence-electron chi connectivity index (χ1n) is 7.56. The van der Waals surface area contributed by atoms with Gasteiger partial charge in [-0.3, -0.25) is 9.59 Å². The van der Waals surface area contributed by atoms with E-state index in [9.17, 15) is 9.59 Å². The molecule has 1 aromatic heterocycles. The summed E-state index contributed by atoms with van der Waals surface area (Å²) in [7, 11) is 0. The third-order valence-corrected chi connectivity index (χ3v) is 7.31. The molecule has 0 bridgehead atoms. The summed E-state index contributed by atoms with van der Waals surface area (Å²) in [6, 6.07) is 9.53. The Morgan fingerprint density at radius 3 is 2.17 bits per heavy atom. The van der Waals surface area contributed by atoms with Crippen molar-refractivity contribution in [3.63, 3.8) is 0 Å². The molecule has 4 nitrogen and oxygen atoms in total. The number of nitrogens with zero attached hydrogens (tertiary/aromatic N) is 2. The Bertz CT molecular complexity index is 746. The molecule has 3 rings (SSSR count). The Morgan fingerprint density at radius 2 is 1.67 bits per heavy atom. The van der Waals surface area contributed by atoms with Gasteiger partial charge in [-0.2, -0.15) is 0 Å². The molecule has 0 aliphatic carbocycles. The molecular weight excluding hydrogens is 456 g/mol. The number of thiophene rings is 1. The zero-order valence-electron chi connectivity index (χ0n) is 13.1. The lowest BCUT2D eigenvalue weighted by Crippen LogP contribution is -2.48. The van der Waals surface area contributed by atoms with E-state index in [1.54, 1.807) is 6.92 Å². The second kappa shape index (κ2) is 7.37. The number of amides is 1. The van der Waals surface area contributed by atoms with Crippen LogP contribution in [0.3, 0.4) is 0 Å². The summed E-state index contributed by atoms with van der Waals surface area (Å²) in [6.07, 6.45) is 0. The largest absolute Gasteiger partial charge is 0.368 e. The molecule has 1 aromatic carbocycles. The van der Waals surface area contributed by atoms with E-state index in [4.69, 9.17) is 0 Å². The third-order valence-electron chi connectivity index (χ3n) is 4.06. The van der Waals surface area contributed by atoms with Crippen LogP contribution in [0.4, 0.5) is 5.69 Å². The molecule has 126 valence electrons. The molecule has 2 aromatic rings. The zero-order valence-corrected chi connectivity index (χ0v) is 17.1. The predicted molar refractivity (Wildman–Crippen MR) is 104 cm³/mol. The van der Waals surface area contributed by atoms with Crippen LogP contribution in [0.2, 0.25) is 0 Å². The third kappa shape index (κ3) is 3.73. The Morgan fingerprint density at radius 1 is 1.04 bits per heavy atom. The van der Waals surface area contributed by atoms with Gasteiger partial charge in [0.2, 0.25) is 0 Å². The number of Topliss-reactive ketones (excluding diaryl/α,β-unsaturated/α-hetero) is 1. The highest BCUT2D eigenvalue weighted by molar-refractivity contribution is 9.13. The minimum atomic E-state index is 0.0743. The van der Waals surface area contributed by atoms with Crippen LogP contribution in [-0.2, 0) is 0 Å². The van der Waals surface area contributed by atoms with Gasteiger partial charge in [-0.25, -0.2) is 0 Å². The molecule has 24 heavy (non-hydrogen) atoms. The highest BCUT2D eigenvalue weighted by atomic mass is 79.9. The van der Waals surface area contributed by atoms with E-state index in [2.05, 4.69) is 36.8 Å².